The standard InChI is InChI=1S/C21H27NO3S2/c1-3-5-13-21(4-2)15-26-19-14-17(27(23,24)25)11-12-18(19)20(22-21)16-9-7-6-8-10-16/h6-12,14,20,22H,3-5,13,15H2,1-2H3,(H,23,24,25)/t20-,21-/m0/s1. The van der Waals surface area contributed by atoms with E-state index in [9.17, 15) is 13.0 Å². The summed E-state index contributed by atoms with van der Waals surface area (Å²) in [4.78, 5) is 0.872. The molecule has 2 atom stereocenters. The van der Waals surface area contributed by atoms with Crippen LogP contribution < -0.4 is 5.32 Å². The molecule has 0 aliphatic carbocycles. The highest BCUT2D eigenvalue weighted by Gasteiger charge is 2.35. The lowest BCUT2D eigenvalue weighted by molar-refractivity contribution is 0.298. The Morgan fingerprint density at radius 2 is 1.93 bits per heavy atom. The molecule has 0 fully saturated rings. The van der Waals surface area contributed by atoms with Crippen molar-refractivity contribution >= 4 is 21.9 Å². The zero-order valence-electron chi connectivity index (χ0n) is 15.8. The summed E-state index contributed by atoms with van der Waals surface area (Å²) in [5.41, 5.74) is 2.21. The van der Waals surface area contributed by atoms with Crippen LogP contribution in [0.1, 0.15) is 56.7 Å². The smallest absolute Gasteiger partial charge is 0.294 e. The van der Waals surface area contributed by atoms with Gasteiger partial charge in [-0.2, -0.15) is 8.42 Å². The lowest BCUT2D eigenvalue weighted by Crippen LogP contribution is -2.48. The van der Waals surface area contributed by atoms with Crippen molar-refractivity contribution in [2.24, 2.45) is 0 Å². The van der Waals surface area contributed by atoms with Crippen LogP contribution in [0.15, 0.2) is 58.3 Å². The maximum Gasteiger partial charge on any atom is 0.294 e. The number of unbranched alkanes of at least 4 members (excludes halogenated alkanes) is 1. The van der Waals surface area contributed by atoms with Gasteiger partial charge in [0.05, 0.1) is 10.9 Å². The first-order valence-electron chi connectivity index (χ1n) is 9.45. The van der Waals surface area contributed by atoms with Crippen LogP contribution in [-0.4, -0.2) is 24.3 Å². The summed E-state index contributed by atoms with van der Waals surface area (Å²) in [7, 11) is -4.21. The third-order valence-electron chi connectivity index (χ3n) is 5.37. The normalized spacial score (nSPS) is 22.9. The molecule has 0 amide bonds. The number of hydrogen-bond donors (Lipinski definition) is 2. The van der Waals surface area contributed by atoms with Crippen LogP contribution in [0, 0.1) is 0 Å². The van der Waals surface area contributed by atoms with E-state index in [2.05, 4.69) is 31.3 Å². The average molecular weight is 406 g/mol. The minimum absolute atomic E-state index is 0.0107. The fraction of sp³-hybridized carbons (Fsp3) is 0.429. The summed E-state index contributed by atoms with van der Waals surface area (Å²) in [5.74, 6) is 0.870. The van der Waals surface area contributed by atoms with E-state index in [1.54, 1.807) is 17.8 Å². The molecule has 0 unspecified atom stereocenters. The van der Waals surface area contributed by atoms with E-state index in [1.807, 2.05) is 24.3 Å². The summed E-state index contributed by atoms with van der Waals surface area (Å²) in [5, 5.41) is 3.91. The van der Waals surface area contributed by atoms with Gasteiger partial charge >= 0.3 is 0 Å². The third-order valence-corrected chi connectivity index (χ3v) is 7.58. The van der Waals surface area contributed by atoms with Crippen LogP contribution in [0.4, 0.5) is 0 Å². The molecule has 1 aliphatic rings. The van der Waals surface area contributed by atoms with Crippen molar-refractivity contribution in [1.29, 1.82) is 0 Å². The molecule has 2 aromatic rings. The number of fused-ring (bicyclic) bond motifs is 1. The highest BCUT2D eigenvalue weighted by atomic mass is 32.2. The summed E-state index contributed by atoms with van der Waals surface area (Å²) in [6, 6.07) is 15.2. The second kappa shape index (κ2) is 8.35. The van der Waals surface area contributed by atoms with Crippen LogP contribution in [0.2, 0.25) is 0 Å². The number of hydrogen-bond acceptors (Lipinski definition) is 4. The Morgan fingerprint density at radius 3 is 2.56 bits per heavy atom. The van der Waals surface area contributed by atoms with E-state index in [0.29, 0.717) is 0 Å². The lowest BCUT2D eigenvalue weighted by atomic mass is 9.88. The summed E-state index contributed by atoms with van der Waals surface area (Å²) in [6.07, 6.45) is 4.37. The van der Waals surface area contributed by atoms with Gasteiger partial charge in [-0.25, -0.2) is 0 Å². The molecule has 4 nitrogen and oxygen atoms in total. The van der Waals surface area contributed by atoms with Gasteiger partial charge in [0.2, 0.25) is 0 Å². The molecule has 2 aromatic carbocycles. The predicted molar refractivity (Wildman–Crippen MR) is 111 cm³/mol. The number of rotatable bonds is 6. The quantitative estimate of drug-likeness (QED) is 0.658. The van der Waals surface area contributed by atoms with Crippen molar-refractivity contribution in [2.45, 2.75) is 60.9 Å². The zero-order chi connectivity index (χ0) is 19.5. The third kappa shape index (κ3) is 4.57. The minimum atomic E-state index is -4.21. The fourth-order valence-corrected chi connectivity index (χ4v) is 5.64. The van der Waals surface area contributed by atoms with E-state index in [-0.39, 0.29) is 16.5 Å². The van der Waals surface area contributed by atoms with E-state index in [4.69, 9.17) is 0 Å². The van der Waals surface area contributed by atoms with Gasteiger partial charge in [0, 0.05) is 16.2 Å². The SMILES string of the molecule is CCCC[C@@]1(CC)CSc2cc(S(=O)(=O)O)ccc2[C@H](c2ccccc2)N1. The molecule has 0 spiro atoms. The van der Waals surface area contributed by atoms with Gasteiger partial charge in [-0.1, -0.05) is 63.1 Å². The van der Waals surface area contributed by atoms with Gasteiger partial charge in [0.25, 0.3) is 10.1 Å². The van der Waals surface area contributed by atoms with Crippen molar-refractivity contribution in [2.75, 3.05) is 5.75 Å². The maximum absolute atomic E-state index is 11.6. The van der Waals surface area contributed by atoms with Crippen LogP contribution in [0.3, 0.4) is 0 Å². The van der Waals surface area contributed by atoms with Crippen molar-refractivity contribution in [3.8, 4) is 0 Å². The molecule has 6 heteroatoms. The predicted octanol–water partition coefficient (Wildman–Crippen LogP) is 5.06. The molecule has 146 valence electrons. The van der Waals surface area contributed by atoms with Crippen LogP contribution in [0.5, 0.6) is 0 Å². The van der Waals surface area contributed by atoms with Crippen LogP contribution >= 0.6 is 11.8 Å². The molecule has 0 saturated carbocycles. The molecule has 1 aliphatic heterocycles. The van der Waals surface area contributed by atoms with Crippen molar-refractivity contribution in [3.05, 3.63) is 59.7 Å². The maximum atomic E-state index is 11.6. The second-order valence-electron chi connectivity index (χ2n) is 7.19. The van der Waals surface area contributed by atoms with Gasteiger partial charge in [0.15, 0.2) is 0 Å². The van der Waals surface area contributed by atoms with Crippen molar-refractivity contribution in [3.63, 3.8) is 0 Å². The van der Waals surface area contributed by atoms with Crippen molar-refractivity contribution in [1.82, 2.24) is 5.32 Å². The molecule has 0 aromatic heterocycles. The van der Waals surface area contributed by atoms with Crippen LogP contribution in [0.25, 0.3) is 0 Å². The van der Waals surface area contributed by atoms with E-state index in [1.165, 1.54) is 6.07 Å². The first-order valence-corrected chi connectivity index (χ1v) is 11.9. The molecule has 0 bridgehead atoms. The molecular formula is C21H27NO3S2. The number of nitrogens with one attached hydrogen (secondary N) is 1. The first-order chi connectivity index (χ1) is 12.9. The molecule has 0 saturated heterocycles. The first kappa shape index (κ1) is 20.4. The largest absolute Gasteiger partial charge is 0.300 e. The van der Waals surface area contributed by atoms with Gasteiger partial charge in [-0.15, -0.1) is 11.8 Å². The second-order valence-corrected chi connectivity index (χ2v) is 9.63. The number of thioether (sulfide) groups is 1. The Balaban J connectivity index is 2.10. The lowest BCUT2D eigenvalue weighted by Gasteiger charge is -2.36. The van der Waals surface area contributed by atoms with Gasteiger partial charge < -0.3 is 0 Å². The molecule has 1 heterocycles. The molecule has 2 N–H and O–H groups in total. The molecule has 27 heavy (non-hydrogen) atoms. The Kier molecular flexibility index (Phi) is 6.31. The monoisotopic (exact) mass is 405 g/mol. The van der Waals surface area contributed by atoms with E-state index < -0.39 is 10.1 Å². The van der Waals surface area contributed by atoms with Gasteiger partial charge in [-0.05, 0) is 36.1 Å². The Morgan fingerprint density at radius 1 is 1.19 bits per heavy atom. The van der Waals surface area contributed by atoms with Gasteiger partial charge in [0.1, 0.15) is 0 Å². The number of benzene rings is 2. The summed E-state index contributed by atoms with van der Waals surface area (Å²) >= 11 is 1.68. The summed E-state index contributed by atoms with van der Waals surface area (Å²) in [6.45, 7) is 4.42. The topological polar surface area (TPSA) is 66.4 Å². The van der Waals surface area contributed by atoms with E-state index >= 15 is 0 Å². The molecular weight excluding hydrogens is 378 g/mol. The van der Waals surface area contributed by atoms with Crippen molar-refractivity contribution < 1.29 is 13.0 Å². The average Bonchev–Trinajstić information content (AvgIpc) is 2.84. The van der Waals surface area contributed by atoms with Gasteiger partial charge in [-0.3, -0.25) is 9.87 Å². The fourth-order valence-electron chi connectivity index (χ4n) is 3.63. The Bertz CT molecular complexity index is 884. The highest BCUT2D eigenvalue weighted by molar-refractivity contribution is 7.99. The van der Waals surface area contributed by atoms with Crippen LogP contribution in [-0.2, 0) is 10.1 Å². The van der Waals surface area contributed by atoms with E-state index in [0.717, 1.165) is 47.5 Å². The Labute approximate surface area is 166 Å². The molecule has 3 rings (SSSR count). The zero-order valence-corrected chi connectivity index (χ0v) is 17.4. The Hall–Kier alpha value is -1.34. The summed E-state index contributed by atoms with van der Waals surface area (Å²) < 4.78 is 32.7. The highest BCUT2D eigenvalue weighted by Crippen LogP contribution is 2.41. The molecule has 0 radical (unpaired) electrons. The minimum Gasteiger partial charge on any atom is -0.300 e.